The maximum Gasteiger partial charge on any atom is 0.229 e. The molecule has 10 heteroatoms. The second kappa shape index (κ2) is 12.7. The Bertz CT molecular complexity index is 583. The summed E-state index contributed by atoms with van der Waals surface area (Å²) >= 11 is 0. The Kier molecular flexibility index (Phi) is 10.3. The number of nitrogens with zero attached hydrogens (tertiary/aromatic N) is 3. The van der Waals surface area contributed by atoms with Gasteiger partial charge in [0.2, 0.25) is 17.8 Å². The predicted octanol–water partition coefficient (Wildman–Crippen LogP) is 1.20. The first-order valence-electron chi connectivity index (χ1n) is 10.6. The quantitative estimate of drug-likeness (QED) is 0.284. The molecule has 1 aromatic rings. The van der Waals surface area contributed by atoms with Crippen LogP contribution in [0.5, 0.6) is 0 Å². The monoisotopic (exact) mass is 411 g/mol. The lowest BCUT2D eigenvalue weighted by atomic mass is 9.85. The molecule has 2 rings (SSSR count). The zero-order valence-corrected chi connectivity index (χ0v) is 17.7. The second-order valence-corrected chi connectivity index (χ2v) is 7.68. The summed E-state index contributed by atoms with van der Waals surface area (Å²) in [6, 6.07) is 0.192. The standard InChI is InChI=1S/C19H37N7O3/c1-15(2)23-18-25-16(21-9-11-29-13-12-28-10-8-20)24-17(26-18)22-14-19(27)6-4-3-5-7-19/h15,27H,3-14,20H2,1-2H3,(H3,21,22,23,24,25,26). The molecule has 6 N–H and O–H groups in total. The number of aliphatic hydroxyl groups is 1. The van der Waals surface area contributed by atoms with Crippen molar-refractivity contribution >= 4 is 17.8 Å². The predicted molar refractivity (Wildman–Crippen MR) is 114 cm³/mol. The molecule has 1 heterocycles. The zero-order chi connectivity index (χ0) is 21.0. The van der Waals surface area contributed by atoms with Gasteiger partial charge in [0.15, 0.2) is 0 Å². The van der Waals surface area contributed by atoms with Crippen molar-refractivity contribution in [1.29, 1.82) is 0 Å². The van der Waals surface area contributed by atoms with Crippen molar-refractivity contribution in [3.8, 4) is 0 Å². The van der Waals surface area contributed by atoms with Gasteiger partial charge in [0, 0.05) is 25.7 Å². The first kappa shape index (κ1) is 23.5. The molecule has 0 aliphatic heterocycles. The molecule has 0 radical (unpaired) electrons. The van der Waals surface area contributed by atoms with Crippen LogP contribution in [0.25, 0.3) is 0 Å². The number of nitrogens with one attached hydrogen (secondary N) is 3. The molecule has 1 fully saturated rings. The van der Waals surface area contributed by atoms with Crippen molar-refractivity contribution < 1.29 is 14.6 Å². The van der Waals surface area contributed by atoms with E-state index >= 15 is 0 Å². The van der Waals surface area contributed by atoms with Crippen molar-refractivity contribution in [3.63, 3.8) is 0 Å². The fourth-order valence-corrected chi connectivity index (χ4v) is 3.13. The van der Waals surface area contributed by atoms with Crippen LogP contribution in [-0.4, -0.2) is 77.8 Å². The molecule has 0 saturated heterocycles. The fourth-order valence-electron chi connectivity index (χ4n) is 3.13. The minimum Gasteiger partial charge on any atom is -0.388 e. The summed E-state index contributed by atoms with van der Waals surface area (Å²) < 4.78 is 10.8. The average Bonchev–Trinajstić information content (AvgIpc) is 2.68. The van der Waals surface area contributed by atoms with Gasteiger partial charge in [0.05, 0.1) is 32.0 Å². The average molecular weight is 412 g/mol. The van der Waals surface area contributed by atoms with E-state index in [1.807, 2.05) is 13.8 Å². The van der Waals surface area contributed by atoms with E-state index in [1.54, 1.807) is 0 Å². The highest BCUT2D eigenvalue weighted by Crippen LogP contribution is 2.28. The van der Waals surface area contributed by atoms with Crippen molar-refractivity contribution in [2.45, 2.75) is 57.6 Å². The van der Waals surface area contributed by atoms with E-state index in [-0.39, 0.29) is 6.04 Å². The summed E-state index contributed by atoms with van der Waals surface area (Å²) in [6.07, 6.45) is 4.91. The van der Waals surface area contributed by atoms with E-state index in [0.717, 1.165) is 25.7 Å². The van der Waals surface area contributed by atoms with Crippen LogP contribution in [0.3, 0.4) is 0 Å². The van der Waals surface area contributed by atoms with Gasteiger partial charge in [-0.3, -0.25) is 0 Å². The molecule has 0 unspecified atom stereocenters. The summed E-state index contributed by atoms with van der Waals surface area (Å²) in [4.78, 5) is 13.2. The molecular weight excluding hydrogens is 374 g/mol. The SMILES string of the molecule is CC(C)Nc1nc(NCCOCCOCCN)nc(NCC2(O)CCCCC2)n1. The van der Waals surface area contributed by atoms with Crippen LogP contribution >= 0.6 is 0 Å². The number of hydrogen-bond donors (Lipinski definition) is 5. The zero-order valence-electron chi connectivity index (χ0n) is 17.7. The lowest BCUT2D eigenvalue weighted by molar-refractivity contribution is 0.0166. The first-order valence-corrected chi connectivity index (χ1v) is 10.6. The Morgan fingerprint density at radius 3 is 2.21 bits per heavy atom. The highest BCUT2D eigenvalue weighted by atomic mass is 16.5. The first-order chi connectivity index (χ1) is 14.0. The van der Waals surface area contributed by atoms with E-state index in [0.29, 0.717) is 63.9 Å². The fraction of sp³-hybridized carbons (Fsp3) is 0.842. The lowest BCUT2D eigenvalue weighted by Gasteiger charge is -2.32. The van der Waals surface area contributed by atoms with Crippen LogP contribution in [0.1, 0.15) is 46.0 Å². The number of rotatable bonds is 14. The Balaban J connectivity index is 1.85. The van der Waals surface area contributed by atoms with Gasteiger partial charge in [-0.2, -0.15) is 15.0 Å². The third kappa shape index (κ3) is 9.53. The van der Waals surface area contributed by atoms with Crippen LogP contribution in [0, 0.1) is 0 Å². The van der Waals surface area contributed by atoms with Crippen LogP contribution in [0.4, 0.5) is 17.8 Å². The van der Waals surface area contributed by atoms with Gasteiger partial charge in [-0.05, 0) is 26.7 Å². The molecule has 0 bridgehead atoms. The van der Waals surface area contributed by atoms with Gasteiger partial charge in [-0.15, -0.1) is 0 Å². The summed E-state index contributed by atoms with van der Waals surface area (Å²) in [5, 5.41) is 20.2. The molecule has 29 heavy (non-hydrogen) atoms. The Hall–Kier alpha value is -1.75. The molecule has 10 nitrogen and oxygen atoms in total. The Morgan fingerprint density at radius 2 is 1.55 bits per heavy atom. The molecule has 1 aromatic heterocycles. The van der Waals surface area contributed by atoms with E-state index in [4.69, 9.17) is 15.2 Å². The van der Waals surface area contributed by atoms with Gasteiger partial charge in [0.25, 0.3) is 0 Å². The van der Waals surface area contributed by atoms with Crippen molar-refractivity contribution in [3.05, 3.63) is 0 Å². The van der Waals surface area contributed by atoms with Gasteiger partial charge >= 0.3 is 0 Å². The van der Waals surface area contributed by atoms with E-state index in [2.05, 4.69) is 30.9 Å². The Morgan fingerprint density at radius 1 is 0.931 bits per heavy atom. The maximum atomic E-state index is 10.7. The van der Waals surface area contributed by atoms with Gasteiger partial charge in [-0.25, -0.2) is 0 Å². The number of aromatic nitrogens is 3. The van der Waals surface area contributed by atoms with Crippen LogP contribution in [0.15, 0.2) is 0 Å². The number of nitrogens with two attached hydrogens (primary N) is 1. The van der Waals surface area contributed by atoms with E-state index in [9.17, 15) is 5.11 Å². The number of hydrogen-bond acceptors (Lipinski definition) is 10. The number of anilines is 3. The summed E-state index contributed by atoms with van der Waals surface area (Å²) in [5.41, 5.74) is 4.67. The van der Waals surface area contributed by atoms with Crippen LogP contribution < -0.4 is 21.7 Å². The smallest absolute Gasteiger partial charge is 0.229 e. The second-order valence-electron chi connectivity index (χ2n) is 7.68. The van der Waals surface area contributed by atoms with Crippen molar-refractivity contribution in [2.75, 3.05) is 62.0 Å². The van der Waals surface area contributed by atoms with E-state index in [1.165, 1.54) is 6.42 Å². The molecule has 1 saturated carbocycles. The van der Waals surface area contributed by atoms with E-state index < -0.39 is 5.60 Å². The topological polar surface area (TPSA) is 139 Å². The van der Waals surface area contributed by atoms with Gasteiger partial charge < -0.3 is 36.3 Å². The molecule has 0 aromatic carbocycles. The lowest BCUT2D eigenvalue weighted by Crippen LogP contribution is -2.39. The third-order valence-corrected chi connectivity index (χ3v) is 4.58. The van der Waals surface area contributed by atoms with Gasteiger partial charge in [-0.1, -0.05) is 19.3 Å². The molecule has 166 valence electrons. The molecule has 1 aliphatic carbocycles. The van der Waals surface area contributed by atoms with Crippen molar-refractivity contribution in [2.24, 2.45) is 5.73 Å². The number of ether oxygens (including phenoxy) is 2. The van der Waals surface area contributed by atoms with Gasteiger partial charge in [0.1, 0.15) is 0 Å². The minimum absolute atomic E-state index is 0.192. The Labute approximate surface area is 173 Å². The van der Waals surface area contributed by atoms with Crippen LogP contribution in [-0.2, 0) is 9.47 Å². The molecule has 0 amide bonds. The maximum absolute atomic E-state index is 10.7. The molecular formula is C19H37N7O3. The highest BCUT2D eigenvalue weighted by molar-refractivity contribution is 5.42. The summed E-state index contributed by atoms with van der Waals surface area (Å²) in [5.74, 6) is 1.40. The molecule has 1 aliphatic rings. The molecule has 0 spiro atoms. The summed E-state index contributed by atoms with van der Waals surface area (Å²) in [6.45, 7) is 7.66. The van der Waals surface area contributed by atoms with Crippen LogP contribution in [0.2, 0.25) is 0 Å². The van der Waals surface area contributed by atoms with Crippen molar-refractivity contribution in [1.82, 2.24) is 15.0 Å². The third-order valence-electron chi connectivity index (χ3n) is 4.58. The largest absolute Gasteiger partial charge is 0.388 e. The summed E-state index contributed by atoms with van der Waals surface area (Å²) in [7, 11) is 0. The highest BCUT2D eigenvalue weighted by Gasteiger charge is 2.29. The molecule has 0 atom stereocenters. The minimum atomic E-state index is -0.691. The normalized spacial score (nSPS) is 16.0.